The zero-order chi connectivity index (χ0) is 16.9. The Labute approximate surface area is 141 Å². The second-order valence-electron chi connectivity index (χ2n) is 6.30. The van der Waals surface area contributed by atoms with Crippen LogP contribution in [0.25, 0.3) is 0 Å². The summed E-state index contributed by atoms with van der Waals surface area (Å²) >= 11 is 1.62. The molecule has 0 saturated carbocycles. The highest BCUT2D eigenvalue weighted by atomic mass is 32.1. The van der Waals surface area contributed by atoms with Crippen molar-refractivity contribution in [1.82, 2.24) is 5.43 Å². The Balaban J connectivity index is 1.79. The van der Waals surface area contributed by atoms with Crippen molar-refractivity contribution in [3.05, 3.63) is 51.7 Å². The summed E-state index contributed by atoms with van der Waals surface area (Å²) in [5.41, 5.74) is 3.79. The Kier molecular flexibility index (Phi) is 5.55. The lowest BCUT2D eigenvalue weighted by molar-refractivity contribution is -0.123. The maximum atomic E-state index is 11.7. The summed E-state index contributed by atoms with van der Waals surface area (Å²) in [5, 5.41) is 3.92. The average Bonchev–Trinajstić information content (AvgIpc) is 2.90. The molecule has 0 unspecified atom stereocenters. The molecule has 1 aromatic carbocycles. The van der Waals surface area contributed by atoms with E-state index in [1.807, 2.05) is 43.3 Å². The van der Waals surface area contributed by atoms with Crippen molar-refractivity contribution in [1.29, 1.82) is 0 Å². The van der Waals surface area contributed by atoms with E-state index in [9.17, 15) is 4.79 Å². The van der Waals surface area contributed by atoms with Crippen LogP contribution in [0.1, 0.15) is 36.1 Å². The molecule has 1 amide bonds. The molecule has 5 heteroatoms. The lowest BCUT2D eigenvalue weighted by Gasteiger charge is -2.19. The number of benzene rings is 1. The fourth-order valence-electron chi connectivity index (χ4n) is 1.92. The van der Waals surface area contributed by atoms with Gasteiger partial charge in [0.15, 0.2) is 6.61 Å². The Bertz CT molecular complexity index is 682. The van der Waals surface area contributed by atoms with Crippen LogP contribution in [-0.2, 0) is 10.2 Å². The second-order valence-corrected chi connectivity index (χ2v) is 7.62. The quantitative estimate of drug-likeness (QED) is 0.668. The van der Waals surface area contributed by atoms with Crippen molar-refractivity contribution < 1.29 is 9.53 Å². The van der Waals surface area contributed by atoms with E-state index >= 15 is 0 Å². The van der Waals surface area contributed by atoms with Crippen LogP contribution in [0.2, 0.25) is 0 Å². The van der Waals surface area contributed by atoms with Crippen LogP contribution >= 0.6 is 11.3 Å². The van der Waals surface area contributed by atoms with E-state index in [4.69, 9.17) is 4.74 Å². The first-order chi connectivity index (χ1) is 10.8. The Morgan fingerprint density at radius 1 is 1.22 bits per heavy atom. The molecule has 23 heavy (non-hydrogen) atoms. The number of carbonyl (C=O) groups is 1. The number of hydrogen-bond acceptors (Lipinski definition) is 4. The van der Waals surface area contributed by atoms with Crippen LogP contribution < -0.4 is 10.2 Å². The second kappa shape index (κ2) is 7.42. The minimum Gasteiger partial charge on any atom is -0.484 e. The summed E-state index contributed by atoms with van der Waals surface area (Å²) in [5.74, 6) is 0.389. The summed E-state index contributed by atoms with van der Waals surface area (Å²) in [6.07, 6.45) is 1.63. The van der Waals surface area contributed by atoms with Gasteiger partial charge in [0.05, 0.1) is 6.21 Å². The van der Waals surface area contributed by atoms with Gasteiger partial charge in [0, 0.05) is 9.75 Å². The minimum atomic E-state index is -0.283. The number of aryl methyl sites for hydroxylation is 1. The lowest BCUT2D eigenvalue weighted by atomic mass is 9.87. The average molecular weight is 330 g/mol. The normalized spacial score (nSPS) is 11.7. The Morgan fingerprint density at radius 3 is 2.48 bits per heavy atom. The zero-order valence-corrected chi connectivity index (χ0v) is 14.7. The Morgan fingerprint density at radius 2 is 1.91 bits per heavy atom. The fourth-order valence-corrected chi connectivity index (χ4v) is 2.67. The molecule has 2 rings (SSSR count). The molecule has 0 aliphatic carbocycles. The lowest BCUT2D eigenvalue weighted by Crippen LogP contribution is -2.24. The molecule has 0 radical (unpaired) electrons. The molecule has 0 saturated heterocycles. The van der Waals surface area contributed by atoms with Crippen molar-refractivity contribution >= 4 is 23.5 Å². The van der Waals surface area contributed by atoms with Gasteiger partial charge in [-0.25, -0.2) is 5.43 Å². The summed E-state index contributed by atoms with van der Waals surface area (Å²) < 4.78 is 5.46. The molecule has 0 aliphatic heterocycles. The van der Waals surface area contributed by atoms with Gasteiger partial charge in [-0.15, -0.1) is 11.3 Å². The number of nitrogens with zero attached hydrogens (tertiary/aromatic N) is 1. The predicted molar refractivity (Wildman–Crippen MR) is 95.4 cm³/mol. The molecule has 1 heterocycles. The third-order valence-corrected chi connectivity index (χ3v) is 4.17. The molecule has 1 N–H and O–H groups in total. The van der Waals surface area contributed by atoms with Gasteiger partial charge in [-0.05, 0) is 42.2 Å². The molecule has 0 atom stereocenters. The van der Waals surface area contributed by atoms with Gasteiger partial charge < -0.3 is 4.74 Å². The first kappa shape index (κ1) is 17.2. The summed E-state index contributed by atoms with van der Waals surface area (Å²) in [4.78, 5) is 13.9. The van der Waals surface area contributed by atoms with Crippen LogP contribution in [0.5, 0.6) is 5.75 Å². The third-order valence-electron chi connectivity index (χ3n) is 3.23. The van der Waals surface area contributed by atoms with Gasteiger partial charge in [-0.1, -0.05) is 32.9 Å². The highest BCUT2D eigenvalue weighted by Gasteiger charge is 2.13. The maximum Gasteiger partial charge on any atom is 0.277 e. The number of ether oxygens (including phenoxy) is 1. The predicted octanol–water partition coefficient (Wildman–Crippen LogP) is 3.88. The van der Waals surface area contributed by atoms with Gasteiger partial charge >= 0.3 is 0 Å². The van der Waals surface area contributed by atoms with Gasteiger partial charge in [0.1, 0.15) is 5.75 Å². The monoisotopic (exact) mass is 330 g/mol. The highest BCUT2D eigenvalue weighted by Crippen LogP contribution is 2.24. The van der Waals surface area contributed by atoms with E-state index in [0.29, 0.717) is 5.75 Å². The number of thiophene rings is 1. The molecule has 0 fully saturated rings. The third kappa shape index (κ3) is 5.53. The molecule has 4 nitrogen and oxygen atoms in total. The van der Waals surface area contributed by atoms with Crippen molar-refractivity contribution in [2.45, 2.75) is 33.1 Å². The summed E-state index contributed by atoms with van der Waals surface area (Å²) in [7, 11) is 0. The summed E-state index contributed by atoms with van der Waals surface area (Å²) in [6, 6.07) is 11.8. The maximum absolute atomic E-state index is 11.7. The first-order valence-electron chi connectivity index (χ1n) is 7.46. The molecule has 0 bridgehead atoms. The molecular formula is C18H22N2O2S. The van der Waals surface area contributed by atoms with Crippen molar-refractivity contribution in [2.75, 3.05) is 6.61 Å². The topological polar surface area (TPSA) is 50.7 Å². The van der Waals surface area contributed by atoms with E-state index in [0.717, 1.165) is 4.88 Å². The molecule has 0 aliphatic rings. The highest BCUT2D eigenvalue weighted by molar-refractivity contribution is 7.13. The van der Waals surface area contributed by atoms with E-state index in [1.54, 1.807) is 17.6 Å². The van der Waals surface area contributed by atoms with Crippen molar-refractivity contribution in [2.24, 2.45) is 5.10 Å². The first-order valence-corrected chi connectivity index (χ1v) is 8.28. The van der Waals surface area contributed by atoms with Crippen LogP contribution in [-0.4, -0.2) is 18.7 Å². The van der Waals surface area contributed by atoms with Gasteiger partial charge in [0.25, 0.3) is 5.91 Å². The largest absolute Gasteiger partial charge is 0.484 e. The molecule has 2 aromatic rings. The van der Waals surface area contributed by atoms with E-state index < -0.39 is 0 Å². The van der Waals surface area contributed by atoms with E-state index in [-0.39, 0.29) is 17.9 Å². The molecular weight excluding hydrogens is 308 g/mol. The minimum absolute atomic E-state index is 0.0598. The summed E-state index contributed by atoms with van der Waals surface area (Å²) in [6.45, 7) is 8.44. The number of hydrazone groups is 1. The molecule has 0 spiro atoms. The number of hydrogen-bond donors (Lipinski definition) is 1. The number of rotatable bonds is 5. The number of nitrogens with one attached hydrogen (secondary N) is 1. The van der Waals surface area contributed by atoms with Gasteiger partial charge in [0.2, 0.25) is 0 Å². The van der Waals surface area contributed by atoms with E-state index in [2.05, 4.69) is 31.3 Å². The van der Waals surface area contributed by atoms with Crippen LogP contribution in [0.15, 0.2) is 41.5 Å². The van der Waals surface area contributed by atoms with Gasteiger partial charge in [-0.3, -0.25) is 4.79 Å². The van der Waals surface area contributed by atoms with Gasteiger partial charge in [-0.2, -0.15) is 5.10 Å². The van der Waals surface area contributed by atoms with Crippen molar-refractivity contribution in [3.63, 3.8) is 0 Å². The standard InChI is InChI=1S/C18H22N2O2S/c1-13-5-10-16(23-13)11-19-20-17(21)12-22-15-8-6-14(7-9-15)18(2,3)4/h5-11H,12H2,1-4H3,(H,20,21)/b19-11+. The zero-order valence-electron chi connectivity index (χ0n) is 13.9. The van der Waals surface area contributed by atoms with Crippen LogP contribution in [0, 0.1) is 6.92 Å². The smallest absolute Gasteiger partial charge is 0.277 e. The molecule has 122 valence electrons. The number of carbonyl (C=O) groups excluding carboxylic acids is 1. The fraction of sp³-hybridized carbons (Fsp3) is 0.333. The van der Waals surface area contributed by atoms with Crippen LogP contribution in [0.3, 0.4) is 0 Å². The number of amides is 1. The van der Waals surface area contributed by atoms with Crippen molar-refractivity contribution in [3.8, 4) is 5.75 Å². The van der Waals surface area contributed by atoms with Crippen LogP contribution in [0.4, 0.5) is 0 Å². The van der Waals surface area contributed by atoms with E-state index in [1.165, 1.54) is 10.4 Å². The SMILES string of the molecule is Cc1ccc(/C=N/NC(=O)COc2ccc(C(C)(C)C)cc2)s1. The Hall–Kier alpha value is -2.14. The molecule has 1 aromatic heterocycles.